The molecule has 0 radical (unpaired) electrons. The Hall–Kier alpha value is -2.50. The molecule has 2 aromatic carbocycles. The number of aromatic hydroxyl groups is 1. The van der Waals surface area contributed by atoms with Crippen molar-refractivity contribution in [2.45, 2.75) is 6.61 Å². The molecular formula is C15H10F4O2. The zero-order valence-electron chi connectivity index (χ0n) is 10.7. The van der Waals surface area contributed by atoms with Crippen LogP contribution in [0.2, 0.25) is 0 Å². The maximum absolute atomic E-state index is 13.5. The molecule has 1 N–H and O–H groups in total. The van der Waals surface area contributed by atoms with Gasteiger partial charge in [-0.2, -0.15) is 8.78 Å². The molecular weight excluding hydrogens is 288 g/mol. The van der Waals surface area contributed by atoms with Gasteiger partial charge in [0.15, 0.2) is 17.4 Å². The lowest BCUT2D eigenvalue weighted by Crippen LogP contribution is -2.07. The summed E-state index contributed by atoms with van der Waals surface area (Å²) in [5, 5.41) is 8.86. The Kier molecular flexibility index (Phi) is 4.16. The Morgan fingerprint density at radius 2 is 1.48 bits per heavy atom. The highest BCUT2D eigenvalue weighted by Crippen LogP contribution is 2.29. The van der Waals surface area contributed by atoms with Crippen LogP contribution in [-0.4, -0.2) is 5.11 Å². The topological polar surface area (TPSA) is 29.5 Å². The summed E-state index contributed by atoms with van der Waals surface area (Å²) in [4.78, 5) is 0. The SMILES string of the molecule is C=Cc1ccc(OCc2c(F)c(F)c(O)c(F)c2F)cc1. The van der Waals surface area contributed by atoms with E-state index in [4.69, 9.17) is 9.84 Å². The predicted octanol–water partition coefficient (Wildman–Crippen LogP) is 4.17. The van der Waals surface area contributed by atoms with Crippen molar-refractivity contribution in [3.63, 3.8) is 0 Å². The molecule has 0 spiro atoms. The summed E-state index contributed by atoms with van der Waals surface area (Å²) in [5.74, 6) is -8.51. The summed E-state index contributed by atoms with van der Waals surface area (Å²) in [5.41, 5.74) is -0.128. The molecule has 2 aromatic rings. The van der Waals surface area contributed by atoms with Crippen molar-refractivity contribution in [2.75, 3.05) is 0 Å². The molecule has 21 heavy (non-hydrogen) atoms. The average Bonchev–Trinajstić information content (AvgIpc) is 2.51. The maximum Gasteiger partial charge on any atom is 0.204 e. The van der Waals surface area contributed by atoms with E-state index in [1.54, 1.807) is 18.2 Å². The minimum atomic E-state index is -1.85. The Morgan fingerprint density at radius 3 is 1.95 bits per heavy atom. The predicted molar refractivity (Wildman–Crippen MR) is 68.8 cm³/mol. The summed E-state index contributed by atoms with van der Waals surface area (Å²) in [6, 6.07) is 6.32. The van der Waals surface area contributed by atoms with Crippen LogP contribution in [0.15, 0.2) is 30.8 Å². The monoisotopic (exact) mass is 298 g/mol. The lowest BCUT2D eigenvalue weighted by molar-refractivity contribution is 0.279. The van der Waals surface area contributed by atoms with Gasteiger partial charge in [-0.3, -0.25) is 0 Å². The molecule has 0 aliphatic carbocycles. The Labute approximate surface area is 117 Å². The average molecular weight is 298 g/mol. The molecule has 0 atom stereocenters. The fraction of sp³-hybridized carbons (Fsp3) is 0.0667. The number of ether oxygens (including phenoxy) is 1. The van der Waals surface area contributed by atoms with Crippen molar-refractivity contribution in [1.29, 1.82) is 0 Å². The van der Waals surface area contributed by atoms with Gasteiger partial charge in [-0.1, -0.05) is 24.8 Å². The lowest BCUT2D eigenvalue weighted by atomic mass is 10.1. The van der Waals surface area contributed by atoms with Crippen LogP contribution in [0.1, 0.15) is 11.1 Å². The van der Waals surface area contributed by atoms with Gasteiger partial charge in [-0.05, 0) is 17.7 Å². The lowest BCUT2D eigenvalue weighted by Gasteiger charge is -2.10. The van der Waals surface area contributed by atoms with Crippen LogP contribution < -0.4 is 4.74 Å². The fourth-order valence-corrected chi connectivity index (χ4v) is 1.65. The Balaban J connectivity index is 2.25. The summed E-state index contributed by atoms with van der Waals surface area (Å²) < 4.78 is 58.4. The van der Waals surface area contributed by atoms with E-state index in [1.807, 2.05) is 0 Å². The zero-order chi connectivity index (χ0) is 15.6. The quantitative estimate of drug-likeness (QED) is 0.678. The van der Waals surface area contributed by atoms with E-state index < -0.39 is 41.2 Å². The number of phenols is 1. The van der Waals surface area contributed by atoms with Crippen LogP contribution >= 0.6 is 0 Å². The van der Waals surface area contributed by atoms with Gasteiger partial charge in [-0.25, -0.2) is 8.78 Å². The molecule has 6 heteroatoms. The third-order valence-corrected chi connectivity index (χ3v) is 2.83. The van der Waals surface area contributed by atoms with Gasteiger partial charge in [0, 0.05) is 0 Å². The summed E-state index contributed by atoms with van der Waals surface area (Å²) >= 11 is 0. The molecule has 0 saturated heterocycles. The van der Waals surface area contributed by atoms with Gasteiger partial charge in [0.25, 0.3) is 0 Å². The highest BCUT2D eigenvalue weighted by molar-refractivity contribution is 5.48. The standard InChI is InChI=1S/C15H10F4O2/c1-2-8-3-5-9(6-4-8)21-7-10-11(16)13(18)15(20)14(19)12(10)17/h2-6,20H,1,7H2. The van der Waals surface area contributed by atoms with Gasteiger partial charge in [0.2, 0.25) is 11.6 Å². The molecule has 2 rings (SSSR count). The largest absolute Gasteiger partial charge is 0.503 e. The van der Waals surface area contributed by atoms with Crippen LogP contribution in [-0.2, 0) is 6.61 Å². The summed E-state index contributed by atoms with van der Waals surface area (Å²) in [6.07, 6.45) is 1.59. The molecule has 110 valence electrons. The van der Waals surface area contributed by atoms with Crippen LogP contribution in [0, 0.1) is 23.3 Å². The van der Waals surface area contributed by atoms with E-state index in [-0.39, 0.29) is 5.75 Å². The Bertz CT molecular complexity index is 652. The van der Waals surface area contributed by atoms with Gasteiger partial charge in [0.05, 0.1) is 5.56 Å². The summed E-state index contributed by atoms with van der Waals surface area (Å²) in [6.45, 7) is 2.84. The highest BCUT2D eigenvalue weighted by atomic mass is 19.2. The number of phenolic OH excluding ortho intramolecular Hbond substituents is 1. The highest BCUT2D eigenvalue weighted by Gasteiger charge is 2.25. The number of hydrogen-bond donors (Lipinski definition) is 1. The van der Waals surface area contributed by atoms with Gasteiger partial charge >= 0.3 is 0 Å². The second-order valence-corrected chi connectivity index (χ2v) is 4.14. The van der Waals surface area contributed by atoms with Crippen molar-refractivity contribution < 1.29 is 27.4 Å². The number of rotatable bonds is 4. The molecule has 0 saturated carbocycles. The molecule has 0 unspecified atom stereocenters. The number of benzene rings is 2. The second kappa shape index (κ2) is 5.87. The van der Waals surface area contributed by atoms with E-state index in [9.17, 15) is 17.6 Å². The molecule has 0 aromatic heterocycles. The van der Waals surface area contributed by atoms with Crippen LogP contribution in [0.5, 0.6) is 11.5 Å². The van der Waals surface area contributed by atoms with Gasteiger partial charge < -0.3 is 9.84 Å². The molecule has 0 aliphatic heterocycles. The third-order valence-electron chi connectivity index (χ3n) is 2.83. The van der Waals surface area contributed by atoms with Crippen LogP contribution in [0.4, 0.5) is 17.6 Å². The van der Waals surface area contributed by atoms with Gasteiger partial charge in [-0.15, -0.1) is 0 Å². The minimum absolute atomic E-state index is 0.258. The molecule has 0 amide bonds. The van der Waals surface area contributed by atoms with Crippen molar-refractivity contribution in [3.8, 4) is 11.5 Å². The molecule has 0 fully saturated rings. The Morgan fingerprint density at radius 1 is 0.952 bits per heavy atom. The van der Waals surface area contributed by atoms with Gasteiger partial charge in [0.1, 0.15) is 12.4 Å². The molecule has 0 aliphatic rings. The first-order chi connectivity index (χ1) is 9.95. The first kappa shape index (κ1) is 14.9. The van der Waals surface area contributed by atoms with E-state index in [1.165, 1.54) is 12.1 Å². The van der Waals surface area contributed by atoms with Crippen molar-refractivity contribution in [1.82, 2.24) is 0 Å². The smallest absolute Gasteiger partial charge is 0.204 e. The minimum Gasteiger partial charge on any atom is -0.503 e. The van der Waals surface area contributed by atoms with Crippen LogP contribution in [0.25, 0.3) is 6.08 Å². The third kappa shape index (κ3) is 2.84. The second-order valence-electron chi connectivity index (χ2n) is 4.14. The van der Waals surface area contributed by atoms with Crippen LogP contribution in [0.3, 0.4) is 0 Å². The van der Waals surface area contributed by atoms with Crippen molar-refractivity contribution in [2.24, 2.45) is 0 Å². The van der Waals surface area contributed by atoms with E-state index in [0.29, 0.717) is 0 Å². The van der Waals surface area contributed by atoms with E-state index in [2.05, 4.69) is 6.58 Å². The molecule has 0 heterocycles. The number of halogens is 4. The number of hydrogen-bond acceptors (Lipinski definition) is 2. The summed E-state index contributed by atoms with van der Waals surface area (Å²) in [7, 11) is 0. The normalized spacial score (nSPS) is 10.5. The zero-order valence-corrected chi connectivity index (χ0v) is 10.7. The van der Waals surface area contributed by atoms with Crippen molar-refractivity contribution >= 4 is 6.08 Å². The maximum atomic E-state index is 13.5. The first-order valence-electron chi connectivity index (χ1n) is 5.84. The molecule has 2 nitrogen and oxygen atoms in total. The first-order valence-corrected chi connectivity index (χ1v) is 5.84. The molecule has 0 bridgehead atoms. The van der Waals surface area contributed by atoms with E-state index in [0.717, 1.165) is 5.56 Å². The fourth-order valence-electron chi connectivity index (χ4n) is 1.65. The van der Waals surface area contributed by atoms with Crippen molar-refractivity contribution in [3.05, 3.63) is 65.2 Å². The van der Waals surface area contributed by atoms with E-state index >= 15 is 0 Å².